The molecule has 1 heterocycles. The molecule has 0 fully saturated rings. The van der Waals surface area contributed by atoms with Crippen LogP contribution in [0.15, 0.2) is 71.1 Å². The molecule has 3 aromatic carbocycles. The number of oxazole rings is 1. The van der Waals surface area contributed by atoms with Crippen molar-refractivity contribution in [2.24, 2.45) is 0 Å². The Labute approximate surface area is 163 Å². The van der Waals surface area contributed by atoms with Gasteiger partial charge in [-0.05, 0) is 67.9 Å². The van der Waals surface area contributed by atoms with Gasteiger partial charge in [-0.1, -0.05) is 18.2 Å². The Morgan fingerprint density at radius 3 is 2.61 bits per heavy atom. The highest BCUT2D eigenvalue weighted by Gasteiger charge is 2.12. The Kier molecular flexibility index (Phi) is 4.81. The predicted octanol–water partition coefficient (Wildman–Crippen LogP) is 5.45. The highest BCUT2D eigenvalue weighted by Crippen LogP contribution is 2.28. The van der Waals surface area contributed by atoms with Gasteiger partial charge in [0.25, 0.3) is 5.91 Å². The lowest BCUT2D eigenvalue weighted by Gasteiger charge is -2.10. The Morgan fingerprint density at radius 1 is 1.07 bits per heavy atom. The van der Waals surface area contributed by atoms with Gasteiger partial charge >= 0.3 is 0 Å². The zero-order valence-electron chi connectivity index (χ0n) is 15.7. The summed E-state index contributed by atoms with van der Waals surface area (Å²) in [6.45, 7) is 4.46. The van der Waals surface area contributed by atoms with Crippen molar-refractivity contribution in [3.05, 3.63) is 77.9 Å². The Hall–Kier alpha value is -3.60. The first-order chi connectivity index (χ1) is 13.6. The third-order valence-corrected chi connectivity index (χ3v) is 4.45. The number of rotatable bonds is 5. The molecule has 1 amide bonds. The number of amides is 1. The molecule has 4 rings (SSSR count). The maximum Gasteiger partial charge on any atom is 0.255 e. The fourth-order valence-electron chi connectivity index (χ4n) is 2.95. The molecule has 0 atom stereocenters. The van der Waals surface area contributed by atoms with E-state index in [1.54, 1.807) is 24.3 Å². The number of fused-ring (bicyclic) bond motifs is 1. The van der Waals surface area contributed by atoms with E-state index < -0.39 is 0 Å². The summed E-state index contributed by atoms with van der Waals surface area (Å²) in [4.78, 5) is 17.2. The van der Waals surface area contributed by atoms with E-state index in [4.69, 9.17) is 9.15 Å². The summed E-state index contributed by atoms with van der Waals surface area (Å²) in [5.41, 5.74) is 4.59. The third kappa shape index (κ3) is 3.60. The van der Waals surface area contributed by atoms with Gasteiger partial charge in [-0.25, -0.2) is 4.98 Å². The van der Waals surface area contributed by atoms with E-state index >= 15 is 0 Å². The van der Waals surface area contributed by atoms with Gasteiger partial charge in [0.2, 0.25) is 5.89 Å². The molecule has 28 heavy (non-hydrogen) atoms. The molecule has 5 nitrogen and oxygen atoms in total. The van der Waals surface area contributed by atoms with Gasteiger partial charge in [0.15, 0.2) is 5.58 Å². The molecule has 1 aromatic heterocycles. The van der Waals surface area contributed by atoms with E-state index in [1.807, 2.05) is 56.3 Å². The van der Waals surface area contributed by atoms with Gasteiger partial charge in [0.1, 0.15) is 11.3 Å². The van der Waals surface area contributed by atoms with Crippen LogP contribution in [0.1, 0.15) is 22.8 Å². The van der Waals surface area contributed by atoms with Crippen molar-refractivity contribution in [3.8, 4) is 17.2 Å². The van der Waals surface area contributed by atoms with Crippen LogP contribution in [0.2, 0.25) is 0 Å². The minimum atomic E-state index is -0.180. The van der Waals surface area contributed by atoms with E-state index in [2.05, 4.69) is 10.3 Å². The Balaban J connectivity index is 1.59. The second kappa shape index (κ2) is 7.56. The number of hydrogen-bond donors (Lipinski definition) is 1. The molecule has 0 bridgehead atoms. The van der Waals surface area contributed by atoms with Gasteiger partial charge in [-0.3, -0.25) is 4.79 Å². The largest absolute Gasteiger partial charge is 0.494 e. The molecule has 0 spiro atoms. The Morgan fingerprint density at radius 2 is 1.86 bits per heavy atom. The number of ether oxygens (including phenoxy) is 1. The number of aryl methyl sites for hydroxylation is 1. The average molecular weight is 372 g/mol. The number of carbonyl (C=O) groups is 1. The smallest absolute Gasteiger partial charge is 0.255 e. The lowest BCUT2D eigenvalue weighted by molar-refractivity contribution is 0.102. The number of nitrogens with zero attached hydrogens (tertiary/aromatic N) is 1. The fraction of sp³-hybridized carbons (Fsp3) is 0.130. The lowest BCUT2D eigenvalue weighted by atomic mass is 10.1. The standard InChI is InChI=1S/C23H20N2O3/c1-3-27-18-12-10-16(11-13-18)22(26)24-20-14-17(9-8-15(20)2)23-25-19-6-4-5-7-21(19)28-23/h4-14H,3H2,1-2H3,(H,24,26). The first-order valence-electron chi connectivity index (χ1n) is 9.15. The van der Waals surface area contributed by atoms with Crippen molar-refractivity contribution in [1.29, 1.82) is 0 Å². The molecule has 0 aliphatic carbocycles. The second-order valence-corrected chi connectivity index (χ2v) is 6.43. The summed E-state index contributed by atoms with van der Waals surface area (Å²) in [6, 6.07) is 20.5. The number of para-hydroxylation sites is 2. The predicted molar refractivity (Wildman–Crippen MR) is 110 cm³/mol. The molecule has 0 saturated carbocycles. The van der Waals surface area contributed by atoms with E-state index in [9.17, 15) is 4.79 Å². The first kappa shape index (κ1) is 17.8. The minimum Gasteiger partial charge on any atom is -0.494 e. The van der Waals surface area contributed by atoms with Crippen LogP contribution in [0.25, 0.3) is 22.6 Å². The van der Waals surface area contributed by atoms with E-state index in [0.29, 0.717) is 18.1 Å². The van der Waals surface area contributed by atoms with Crippen LogP contribution in [0.5, 0.6) is 5.75 Å². The monoisotopic (exact) mass is 372 g/mol. The van der Waals surface area contributed by atoms with Crippen molar-refractivity contribution < 1.29 is 13.9 Å². The minimum absolute atomic E-state index is 0.180. The van der Waals surface area contributed by atoms with Crippen LogP contribution >= 0.6 is 0 Å². The summed E-state index contributed by atoms with van der Waals surface area (Å²) < 4.78 is 11.3. The maximum atomic E-state index is 12.6. The van der Waals surface area contributed by atoms with Crippen molar-refractivity contribution in [1.82, 2.24) is 4.98 Å². The molecule has 4 aromatic rings. The van der Waals surface area contributed by atoms with Gasteiger partial charge in [0.05, 0.1) is 6.61 Å². The SMILES string of the molecule is CCOc1ccc(C(=O)Nc2cc(-c3nc4ccccc4o3)ccc2C)cc1. The summed E-state index contributed by atoms with van der Waals surface area (Å²) in [5, 5.41) is 2.97. The fourth-order valence-corrected chi connectivity index (χ4v) is 2.95. The van der Waals surface area contributed by atoms with Crippen LogP contribution in [-0.4, -0.2) is 17.5 Å². The van der Waals surface area contributed by atoms with Gasteiger partial charge < -0.3 is 14.5 Å². The van der Waals surface area contributed by atoms with Crippen LogP contribution < -0.4 is 10.1 Å². The van der Waals surface area contributed by atoms with Crippen molar-refractivity contribution >= 4 is 22.7 Å². The quantitative estimate of drug-likeness (QED) is 0.506. The highest BCUT2D eigenvalue weighted by molar-refractivity contribution is 6.05. The van der Waals surface area contributed by atoms with Gasteiger partial charge in [-0.2, -0.15) is 0 Å². The zero-order chi connectivity index (χ0) is 19.5. The van der Waals surface area contributed by atoms with Gasteiger partial charge in [0, 0.05) is 16.8 Å². The highest BCUT2D eigenvalue weighted by atomic mass is 16.5. The molecule has 0 saturated heterocycles. The summed E-state index contributed by atoms with van der Waals surface area (Å²) in [6.07, 6.45) is 0. The zero-order valence-corrected chi connectivity index (χ0v) is 15.7. The first-order valence-corrected chi connectivity index (χ1v) is 9.15. The third-order valence-electron chi connectivity index (χ3n) is 4.45. The van der Waals surface area contributed by atoms with Crippen LogP contribution in [0.4, 0.5) is 5.69 Å². The average Bonchev–Trinajstić information content (AvgIpc) is 3.14. The van der Waals surface area contributed by atoms with E-state index in [1.165, 1.54) is 0 Å². The number of anilines is 1. The normalized spacial score (nSPS) is 10.8. The molecule has 140 valence electrons. The van der Waals surface area contributed by atoms with E-state index in [-0.39, 0.29) is 5.91 Å². The molecule has 5 heteroatoms. The number of nitrogens with one attached hydrogen (secondary N) is 1. The molecule has 0 aliphatic heterocycles. The number of carbonyl (C=O) groups excluding carboxylic acids is 1. The number of aromatic nitrogens is 1. The molecular weight excluding hydrogens is 352 g/mol. The van der Waals surface area contributed by atoms with E-state index in [0.717, 1.165) is 33.7 Å². The topological polar surface area (TPSA) is 64.4 Å². The number of hydrogen-bond acceptors (Lipinski definition) is 4. The van der Waals surface area contributed by atoms with Crippen molar-refractivity contribution in [2.45, 2.75) is 13.8 Å². The summed E-state index contributed by atoms with van der Waals surface area (Å²) >= 11 is 0. The molecule has 0 radical (unpaired) electrons. The maximum absolute atomic E-state index is 12.6. The molecule has 0 unspecified atom stereocenters. The Bertz CT molecular complexity index is 1100. The van der Waals surface area contributed by atoms with Crippen LogP contribution in [-0.2, 0) is 0 Å². The molecule has 1 N–H and O–H groups in total. The second-order valence-electron chi connectivity index (χ2n) is 6.43. The van der Waals surface area contributed by atoms with Crippen molar-refractivity contribution in [2.75, 3.05) is 11.9 Å². The van der Waals surface area contributed by atoms with Crippen LogP contribution in [0, 0.1) is 6.92 Å². The molecule has 0 aliphatic rings. The van der Waals surface area contributed by atoms with Gasteiger partial charge in [-0.15, -0.1) is 0 Å². The van der Waals surface area contributed by atoms with Crippen LogP contribution in [0.3, 0.4) is 0 Å². The summed E-state index contributed by atoms with van der Waals surface area (Å²) in [7, 11) is 0. The lowest BCUT2D eigenvalue weighted by Crippen LogP contribution is -2.12. The number of benzene rings is 3. The molecular formula is C23H20N2O3. The summed E-state index contributed by atoms with van der Waals surface area (Å²) in [5.74, 6) is 1.09. The van der Waals surface area contributed by atoms with Crippen molar-refractivity contribution in [3.63, 3.8) is 0 Å².